The monoisotopic (exact) mass is 285 g/mol. The highest BCUT2D eigenvalue weighted by Crippen LogP contribution is 2.40. The van der Waals surface area contributed by atoms with Gasteiger partial charge in [-0.05, 0) is 29.2 Å². The molecule has 0 saturated carbocycles. The summed E-state index contributed by atoms with van der Waals surface area (Å²) in [5, 5.41) is 10.1. The molecule has 3 N–H and O–H groups in total. The number of hydrogen-bond acceptors (Lipinski definition) is 3. The Morgan fingerprint density at radius 1 is 1.00 bits per heavy atom. The fourth-order valence-electron chi connectivity index (χ4n) is 2.76. The summed E-state index contributed by atoms with van der Waals surface area (Å²) in [5.41, 5.74) is 10.5. The van der Waals surface area contributed by atoms with Crippen LogP contribution >= 0.6 is 0 Å². The molecule has 4 rings (SSSR count). The second-order valence-electron chi connectivity index (χ2n) is 5.46. The average Bonchev–Trinajstić information content (AvgIpc) is 3.29. The zero-order valence-corrected chi connectivity index (χ0v) is 12.0. The molecule has 1 atom stereocenters. The summed E-state index contributed by atoms with van der Waals surface area (Å²) in [5.74, 6) is 0. The summed E-state index contributed by atoms with van der Waals surface area (Å²) < 4.78 is 0. The van der Waals surface area contributed by atoms with Crippen LogP contribution in [-0.4, -0.2) is 17.5 Å². The molecule has 0 aromatic heterocycles. The number of nitrogens with zero attached hydrogens (tertiary/aromatic N) is 1. The van der Waals surface area contributed by atoms with Crippen LogP contribution < -0.4 is 5.73 Å². The fourth-order valence-corrected chi connectivity index (χ4v) is 2.76. The van der Waals surface area contributed by atoms with Gasteiger partial charge in [-0.2, -0.15) is 0 Å². The quantitative estimate of drug-likeness (QED) is 0.640. The molecule has 0 amide bonds. The van der Waals surface area contributed by atoms with E-state index in [-0.39, 0.29) is 6.04 Å². The predicted molar refractivity (Wildman–Crippen MR) is 93.6 cm³/mol. The number of nitrogens with two attached hydrogens (primary N) is 1. The Morgan fingerprint density at radius 3 is 2.68 bits per heavy atom. The van der Waals surface area contributed by atoms with Gasteiger partial charge >= 0.3 is 0 Å². The van der Waals surface area contributed by atoms with Gasteiger partial charge in [0.15, 0.2) is 0 Å². The molecule has 3 nitrogen and oxygen atoms in total. The molecule has 2 aromatic rings. The molecule has 0 fully saturated rings. The first kappa shape index (κ1) is 12.8. The van der Waals surface area contributed by atoms with E-state index in [1.54, 1.807) is 6.08 Å². The van der Waals surface area contributed by atoms with Gasteiger partial charge in [0.2, 0.25) is 0 Å². The lowest BCUT2D eigenvalue weighted by atomic mass is 10.0. The van der Waals surface area contributed by atoms with Gasteiger partial charge < -0.3 is 5.73 Å². The van der Waals surface area contributed by atoms with Crippen LogP contribution in [0.15, 0.2) is 71.8 Å². The minimum absolute atomic E-state index is 0.0370. The van der Waals surface area contributed by atoms with Crippen molar-refractivity contribution in [2.45, 2.75) is 6.04 Å². The SMILES string of the molecule is N=C1C=CC=C/C1=N\C1C=C1c1ccc2ccccc2c1N. The van der Waals surface area contributed by atoms with Crippen molar-refractivity contribution in [2.75, 3.05) is 5.73 Å². The van der Waals surface area contributed by atoms with Crippen molar-refractivity contribution in [1.82, 2.24) is 0 Å². The largest absolute Gasteiger partial charge is 0.398 e. The number of aliphatic imine (C=N–C) groups is 1. The average molecular weight is 285 g/mol. The van der Waals surface area contributed by atoms with Crippen LogP contribution in [0, 0.1) is 5.41 Å². The Morgan fingerprint density at radius 2 is 1.82 bits per heavy atom. The standard InChI is InChI=1S/C19H15N3/c20-16-7-3-4-8-17(16)22-18-11-15(18)14-10-9-12-5-1-2-6-13(12)19(14)21/h1-11,18,20H,21H2/b20-16?,22-17+. The van der Waals surface area contributed by atoms with Crippen molar-refractivity contribution in [3.63, 3.8) is 0 Å². The van der Waals surface area contributed by atoms with Crippen LogP contribution in [-0.2, 0) is 0 Å². The molecule has 2 aliphatic carbocycles. The lowest BCUT2D eigenvalue weighted by Crippen LogP contribution is -2.11. The summed E-state index contributed by atoms with van der Waals surface area (Å²) in [6.45, 7) is 0. The summed E-state index contributed by atoms with van der Waals surface area (Å²) in [6, 6.07) is 12.3. The Kier molecular flexibility index (Phi) is 2.79. The molecule has 0 spiro atoms. The van der Waals surface area contributed by atoms with E-state index in [0.29, 0.717) is 5.71 Å². The Labute approximate surface area is 128 Å². The van der Waals surface area contributed by atoms with Crippen molar-refractivity contribution in [1.29, 1.82) is 5.41 Å². The number of benzene rings is 2. The highest BCUT2D eigenvalue weighted by Gasteiger charge is 2.28. The number of anilines is 1. The minimum atomic E-state index is 0.0370. The summed E-state index contributed by atoms with van der Waals surface area (Å²) in [4.78, 5) is 4.61. The van der Waals surface area contributed by atoms with Gasteiger partial charge in [0, 0.05) is 16.6 Å². The van der Waals surface area contributed by atoms with E-state index in [4.69, 9.17) is 11.1 Å². The third kappa shape index (κ3) is 2.07. The Hall–Kier alpha value is -2.94. The zero-order chi connectivity index (χ0) is 15.1. The smallest absolute Gasteiger partial charge is 0.0949 e. The molecule has 0 heterocycles. The number of fused-ring (bicyclic) bond motifs is 1. The summed E-state index contributed by atoms with van der Waals surface area (Å²) in [7, 11) is 0. The van der Waals surface area contributed by atoms with E-state index < -0.39 is 0 Å². The topological polar surface area (TPSA) is 62.2 Å². The number of nitrogens with one attached hydrogen (secondary N) is 1. The fraction of sp³-hybridized carbons (Fsp3) is 0.0526. The molecule has 22 heavy (non-hydrogen) atoms. The van der Waals surface area contributed by atoms with Crippen LogP contribution in [0.3, 0.4) is 0 Å². The number of nitrogen functional groups attached to an aromatic ring is 1. The van der Waals surface area contributed by atoms with E-state index in [2.05, 4.69) is 29.3 Å². The minimum Gasteiger partial charge on any atom is -0.398 e. The van der Waals surface area contributed by atoms with Crippen molar-refractivity contribution < 1.29 is 0 Å². The molecule has 0 bridgehead atoms. The van der Waals surface area contributed by atoms with Crippen molar-refractivity contribution in [3.8, 4) is 0 Å². The summed E-state index contributed by atoms with van der Waals surface area (Å²) in [6.07, 6.45) is 9.47. The molecular weight excluding hydrogens is 270 g/mol. The molecule has 106 valence electrons. The van der Waals surface area contributed by atoms with Crippen LogP contribution in [0.2, 0.25) is 0 Å². The maximum atomic E-state index is 7.87. The van der Waals surface area contributed by atoms with Gasteiger partial charge in [0.1, 0.15) is 0 Å². The van der Waals surface area contributed by atoms with Crippen molar-refractivity contribution >= 4 is 33.5 Å². The van der Waals surface area contributed by atoms with Crippen LogP contribution in [0.1, 0.15) is 5.56 Å². The van der Waals surface area contributed by atoms with Crippen LogP contribution in [0.4, 0.5) is 5.69 Å². The van der Waals surface area contributed by atoms with Crippen LogP contribution in [0.5, 0.6) is 0 Å². The number of hydrogen-bond donors (Lipinski definition) is 2. The van der Waals surface area contributed by atoms with Crippen molar-refractivity contribution in [2.24, 2.45) is 4.99 Å². The lowest BCUT2D eigenvalue weighted by Gasteiger charge is -2.08. The predicted octanol–water partition coefficient (Wildman–Crippen LogP) is 3.77. The Balaban J connectivity index is 1.65. The molecule has 0 saturated heterocycles. The second kappa shape index (κ2) is 4.81. The highest BCUT2D eigenvalue weighted by molar-refractivity contribution is 6.50. The first-order valence-electron chi connectivity index (χ1n) is 7.25. The maximum Gasteiger partial charge on any atom is 0.0949 e. The number of rotatable bonds is 2. The van der Waals surface area contributed by atoms with Crippen molar-refractivity contribution in [3.05, 3.63) is 72.3 Å². The maximum absolute atomic E-state index is 7.87. The van der Waals surface area contributed by atoms with E-state index in [9.17, 15) is 0 Å². The first-order valence-corrected chi connectivity index (χ1v) is 7.25. The van der Waals surface area contributed by atoms with Gasteiger partial charge in [-0.1, -0.05) is 48.6 Å². The summed E-state index contributed by atoms with van der Waals surface area (Å²) >= 11 is 0. The first-order chi connectivity index (χ1) is 10.7. The van der Waals surface area contributed by atoms with Gasteiger partial charge in [-0.25, -0.2) is 0 Å². The molecule has 2 aromatic carbocycles. The van der Waals surface area contributed by atoms with E-state index in [1.165, 1.54) is 0 Å². The van der Waals surface area contributed by atoms with E-state index in [1.807, 2.05) is 36.4 Å². The molecule has 0 radical (unpaired) electrons. The zero-order valence-electron chi connectivity index (χ0n) is 12.0. The Bertz CT molecular complexity index is 913. The molecule has 0 aliphatic heterocycles. The molecule has 2 aliphatic rings. The molecule has 3 heteroatoms. The number of allylic oxidation sites excluding steroid dienone is 4. The molecular formula is C19H15N3. The van der Waals surface area contributed by atoms with Gasteiger partial charge in [0.05, 0.1) is 17.5 Å². The lowest BCUT2D eigenvalue weighted by molar-refractivity contribution is 1.17. The van der Waals surface area contributed by atoms with E-state index >= 15 is 0 Å². The van der Waals surface area contributed by atoms with Gasteiger partial charge in [-0.15, -0.1) is 0 Å². The highest BCUT2D eigenvalue weighted by atomic mass is 14.8. The second-order valence-corrected chi connectivity index (χ2v) is 5.46. The molecule has 1 unspecified atom stereocenters. The van der Waals surface area contributed by atoms with E-state index in [0.717, 1.165) is 33.3 Å². The van der Waals surface area contributed by atoms with Crippen LogP contribution in [0.25, 0.3) is 16.3 Å². The third-order valence-electron chi connectivity index (χ3n) is 4.01. The normalized spacial score (nSPS) is 21.5. The van der Waals surface area contributed by atoms with Gasteiger partial charge in [0.25, 0.3) is 0 Å². The third-order valence-corrected chi connectivity index (χ3v) is 4.01. The van der Waals surface area contributed by atoms with Gasteiger partial charge in [-0.3, -0.25) is 10.4 Å².